The van der Waals surface area contributed by atoms with E-state index in [2.05, 4.69) is 46.8 Å². The number of pyridine rings is 2. The molecule has 0 bridgehead atoms. The molecule has 0 aliphatic rings. The molecule has 0 radical (unpaired) electrons. The second-order valence-electron chi connectivity index (χ2n) is 7.24. The first-order valence-electron chi connectivity index (χ1n) is 9.34. The van der Waals surface area contributed by atoms with Crippen molar-refractivity contribution in [1.82, 2.24) is 19.3 Å². The molecule has 0 aliphatic carbocycles. The molecular weight excluding hydrogens is 384 g/mol. The lowest BCUT2D eigenvalue weighted by Gasteiger charge is -2.18. The Hall–Kier alpha value is -3.18. The fourth-order valence-corrected chi connectivity index (χ4v) is 3.52. The maximum atomic E-state index is 12.9. The standard InChI is InChI=1S/C23H21ClN4O/c1-15-4-7-17(8-5-15)22-19(28-13-16(2)6-9-21(28)26-22)14-27(3)23(29)18-10-11-25-20(24)12-18/h4-13H,14H2,1-3H3. The molecule has 0 N–H and O–H groups in total. The number of hydrogen-bond donors (Lipinski definition) is 0. The highest BCUT2D eigenvalue weighted by molar-refractivity contribution is 6.29. The van der Waals surface area contributed by atoms with Crippen LogP contribution in [0.5, 0.6) is 0 Å². The summed E-state index contributed by atoms with van der Waals surface area (Å²) in [6.07, 6.45) is 3.59. The summed E-state index contributed by atoms with van der Waals surface area (Å²) in [5.74, 6) is -0.119. The van der Waals surface area contributed by atoms with Gasteiger partial charge in [0, 0.05) is 30.6 Å². The summed E-state index contributed by atoms with van der Waals surface area (Å²) in [6.45, 7) is 4.51. The van der Waals surface area contributed by atoms with E-state index in [0.29, 0.717) is 17.3 Å². The highest BCUT2D eigenvalue weighted by Gasteiger charge is 2.19. The number of rotatable bonds is 4. The van der Waals surface area contributed by atoms with Gasteiger partial charge in [-0.3, -0.25) is 4.79 Å². The van der Waals surface area contributed by atoms with Crippen molar-refractivity contribution >= 4 is 23.2 Å². The van der Waals surface area contributed by atoms with E-state index in [1.54, 1.807) is 30.3 Å². The van der Waals surface area contributed by atoms with Crippen LogP contribution in [-0.4, -0.2) is 32.2 Å². The highest BCUT2D eigenvalue weighted by atomic mass is 35.5. The first kappa shape index (κ1) is 19.2. The number of aryl methyl sites for hydroxylation is 2. The van der Waals surface area contributed by atoms with E-state index in [9.17, 15) is 4.79 Å². The quantitative estimate of drug-likeness (QED) is 0.453. The van der Waals surface area contributed by atoms with Gasteiger partial charge in [-0.05, 0) is 37.6 Å². The number of amides is 1. The Kier molecular flexibility index (Phi) is 5.07. The minimum Gasteiger partial charge on any atom is -0.336 e. The van der Waals surface area contributed by atoms with Crippen molar-refractivity contribution in [3.63, 3.8) is 0 Å². The van der Waals surface area contributed by atoms with E-state index >= 15 is 0 Å². The van der Waals surface area contributed by atoms with Gasteiger partial charge in [0.25, 0.3) is 5.91 Å². The molecule has 3 aromatic heterocycles. The Morgan fingerprint density at radius 3 is 2.52 bits per heavy atom. The van der Waals surface area contributed by atoms with Gasteiger partial charge in [-0.1, -0.05) is 47.5 Å². The number of halogens is 1. The summed E-state index contributed by atoms with van der Waals surface area (Å²) in [7, 11) is 1.78. The Labute approximate surface area is 174 Å². The fourth-order valence-electron chi connectivity index (χ4n) is 3.35. The number of carbonyl (C=O) groups is 1. The monoisotopic (exact) mass is 404 g/mol. The Bertz CT molecular complexity index is 1200. The summed E-state index contributed by atoms with van der Waals surface area (Å²) >= 11 is 5.95. The number of aromatic nitrogens is 3. The van der Waals surface area contributed by atoms with Crippen molar-refractivity contribution in [1.29, 1.82) is 0 Å². The average molecular weight is 405 g/mol. The van der Waals surface area contributed by atoms with E-state index in [1.165, 1.54) is 5.56 Å². The van der Waals surface area contributed by atoms with E-state index in [4.69, 9.17) is 16.6 Å². The minimum atomic E-state index is -0.119. The molecular formula is C23H21ClN4O. The second-order valence-corrected chi connectivity index (χ2v) is 7.62. The molecule has 146 valence electrons. The van der Waals surface area contributed by atoms with Crippen LogP contribution < -0.4 is 0 Å². The fraction of sp³-hybridized carbons (Fsp3) is 0.174. The first-order chi connectivity index (χ1) is 13.9. The van der Waals surface area contributed by atoms with Crippen molar-refractivity contribution in [2.45, 2.75) is 20.4 Å². The summed E-state index contributed by atoms with van der Waals surface area (Å²) in [5, 5.41) is 0.301. The van der Waals surface area contributed by atoms with E-state index in [0.717, 1.165) is 28.2 Å². The molecule has 0 spiro atoms. The van der Waals surface area contributed by atoms with Crippen LogP contribution in [0.4, 0.5) is 0 Å². The third kappa shape index (κ3) is 3.87. The Balaban J connectivity index is 1.77. The van der Waals surface area contributed by atoms with Gasteiger partial charge in [-0.2, -0.15) is 0 Å². The number of carbonyl (C=O) groups excluding carboxylic acids is 1. The summed E-state index contributed by atoms with van der Waals surface area (Å²) in [6, 6.07) is 15.6. The van der Waals surface area contributed by atoms with Gasteiger partial charge < -0.3 is 9.30 Å². The molecule has 1 amide bonds. The second kappa shape index (κ2) is 7.68. The summed E-state index contributed by atoms with van der Waals surface area (Å²) < 4.78 is 2.06. The van der Waals surface area contributed by atoms with E-state index in [-0.39, 0.29) is 5.91 Å². The predicted molar refractivity (Wildman–Crippen MR) is 115 cm³/mol. The van der Waals surface area contributed by atoms with Gasteiger partial charge >= 0.3 is 0 Å². The van der Waals surface area contributed by atoms with Gasteiger partial charge in [-0.25, -0.2) is 9.97 Å². The topological polar surface area (TPSA) is 50.5 Å². The van der Waals surface area contributed by atoms with Crippen molar-refractivity contribution in [2.75, 3.05) is 7.05 Å². The zero-order chi connectivity index (χ0) is 20.5. The lowest BCUT2D eigenvalue weighted by atomic mass is 10.1. The Morgan fingerprint density at radius 2 is 1.79 bits per heavy atom. The molecule has 6 heteroatoms. The number of fused-ring (bicyclic) bond motifs is 1. The van der Waals surface area contributed by atoms with Gasteiger partial charge in [0.15, 0.2) is 0 Å². The van der Waals surface area contributed by atoms with E-state index < -0.39 is 0 Å². The van der Waals surface area contributed by atoms with E-state index in [1.807, 2.05) is 19.1 Å². The summed E-state index contributed by atoms with van der Waals surface area (Å²) in [4.78, 5) is 23.4. The highest BCUT2D eigenvalue weighted by Crippen LogP contribution is 2.27. The van der Waals surface area contributed by atoms with Crippen molar-refractivity contribution in [3.05, 3.63) is 88.5 Å². The maximum absolute atomic E-state index is 12.9. The Morgan fingerprint density at radius 1 is 1.07 bits per heavy atom. The zero-order valence-corrected chi connectivity index (χ0v) is 17.3. The van der Waals surface area contributed by atoms with Crippen LogP contribution in [0, 0.1) is 13.8 Å². The minimum absolute atomic E-state index is 0.119. The van der Waals surface area contributed by atoms with Crippen LogP contribution in [0.15, 0.2) is 60.9 Å². The van der Waals surface area contributed by atoms with Crippen LogP contribution in [0.25, 0.3) is 16.9 Å². The SMILES string of the molecule is Cc1ccc(-c2nc3ccc(C)cn3c2CN(C)C(=O)c2ccnc(Cl)c2)cc1. The van der Waals surface area contributed by atoms with Gasteiger partial charge in [0.05, 0.1) is 17.9 Å². The lowest BCUT2D eigenvalue weighted by Crippen LogP contribution is -2.27. The molecule has 0 saturated heterocycles. The molecule has 29 heavy (non-hydrogen) atoms. The average Bonchev–Trinajstić information content (AvgIpc) is 3.05. The number of benzene rings is 1. The molecule has 0 fully saturated rings. The van der Waals surface area contributed by atoms with Gasteiger partial charge in [0.1, 0.15) is 10.8 Å². The number of imidazole rings is 1. The number of hydrogen-bond acceptors (Lipinski definition) is 3. The van der Waals surface area contributed by atoms with Crippen molar-refractivity contribution < 1.29 is 4.79 Å². The third-order valence-electron chi connectivity index (χ3n) is 4.90. The van der Waals surface area contributed by atoms with Gasteiger partial charge in [0.2, 0.25) is 0 Å². The maximum Gasteiger partial charge on any atom is 0.254 e. The molecule has 0 saturated carbocycles. The smallest absolute Gasteiger partial charge is 0.254 e. The molecule has 0 aliphatic heterocycles. The van der Waals surface area contributed by atoms with Crippen LogP contribution >= 0.6 is 11.6 Å². The van der Waals surface area contributed by atoms with Crippen LogP contribution in [-0.2, 0) is 6.54 Å². The van der Waals surface area contributed by atoms with Crippen molar-refractivity contribution in [2.24, 2.45) is 0 Å². The van der Waals surface area contributed by atoms with Crippen LogP contribution in [0.1, 0.15) is 27.2 Å². The zero-order valence-electron chi connectivity index (χ0n) is 16.6. The van der Waals surface area contributed by atoms with Crippen LogP contribution in [0.2, 0.25) is 5.15 Å². The predicted octanol–water partition coefficient (Wildman–Crippen LogP) is 4.94. The normalized spacial score (nSPS) is 11.0. The van der Waals surface area contributed by atoms with Crippen LogP contribution in [0.3, 0.4) is 0 Å². The molecule has 0 unspecified atom stereocenters. The molecule has 5 nitrogen and oxygen atoms in total. The molecule has 4 aromatic rings. The largest absolute Gasteiger partial charge is 0.336 e. The van der Waals surface area contributed by atoms with Crippen molar-refractivity contribution in [3.8, 4) is 11.3 Å². The first-order valence-corrected chi connectivity index (χ1v) is 9.72. The lowest BCUT2D eigenvalue weighted by molar-refractivity contribution is 0.0783. The van der Waals surface area contributed by atoms with Gasteiger partial charge in [-0.15, -0.1) is 0 Å². The third-order valence-corrected chi connectivity index (χ3v) is 5.10. The number of nitrogens with zero attached hydrogens (tertiary/aromatic N) is 4. The molecule has 1 aromatic carbocycles. The molecule has 3 heterocycles. The molecule has 0 atom stereocenters. The molecule has 4 rings (SSSR count). The summed E-state index contributed by atoms with van der Waals surface area (Å²) in [5.41, 5.74) is 6.55.